The summed E-state index contributed by atoms with van der Waals surface area (Å²) in [4.78, 5) is 14.8. The van der Waals surface area contributed by atoms with Crippen molar-refractivity contribution in [3.63, 3.8) is 0 Å². The van der Waals surface area contributed by atoms with Gasteiger partial charge in [0.15, 0.2) is 6.10 Å². The van der Waals surface area contributed by atoms with Crippen molar-refractivity contribution in [1.29, 1.82) is 0 Å². The number of hydrogen-bond acceptors (Lipinski definition) is 4. The van der Waals surface area contributed by atoms with Gasteiger partial charge in [0.05, 0.1) is 4.90 Å². The van der Waals surface area contributed by atoms with Crippen LogP contribution < -0.4 is 4.74 Å². The van der Waals surface area contributed by atoms with Crippen LogP contribution in [0.25, 0.3) is 0 Å². The first-order valence-corrected chi connectivity index (χ1v) is 11.0. The van der Waals surface area contributed by atoms with Crippen molar-refractivity contribution in [2.24, 2.45) is 0 Å². The number of nitrogens with zero attached hydrogens (tertiary/aromatic N) is 2. The Morgan fingerprint density at radius 1 is 1.07 bits per heavy atom. The number of hydrogen-bond donors (Lipinski definition) is 0. The maximum absolute atomic E-state index is 12.8. The summed E-state index contributed by atoms with van der Waals surface area (Å²) in [6.07, 6.45) is -0.121. The first-order valence-electron chi connectivity index (χ1n) is 9.18. The van der Waals surface area contributed by atoms with Crippen molar-refractivity contribution in [2.45, 2.75) is 24.3 Å². The second kappa shape index (κ2) is 8.94. The van der Waals surface area contributed by atoms with Crippen LogP contribution in [0.4, 0.5) is 0 Å². The number of carbonyl (C=O) groups excluding carboxylic acids is 1. The molecule has 150 valence electrons. The maximum Gasteiger partial charge on any atom is 0.263 e. The molecular weight excluding hydrogens is 400 g/mol. The van der Waals surface area contributed by atoms with E-state index in [1.54, 1.807) is 59.5 Å². The van der Waals surface area contributed by atoms with Crippen LogP contribution >= 0.6 is 11.6 Å². The highest BCUT2D eigenvalue weighted by atomic mass is 35.5. The number of benzene rings is 2. The number of amides is 1. The molecule has 28 heavy (non-hydrogen) atoms. The highest BCUT2D eigenvalue weighted by molar-refractivity contribution is 7.89. The van der Waals surface area contributed by atoms with Gasteiger partial charge in [-0.2, -0.15) is 4.31 Å². The van der Waals surface area contributed by atoms with Gasteiger partial charge < -0.3 is 9.64 Å². The van der Waals surface area contributed by atoms with Gasteiger partial charge in [-0.25, -0.2) is 8.42 Å². The third kappa shape index (κ3) is 4.66. The Balaban J connectivity index is 1.62. The molecule has 1 heterocycles. The Morgan fingerprint density at radius 3 is 2.36 bits per heavy atom. The van der Waals surface area contributed by atoms with Crippen LogP contribution in [0, 0.1) is 0 Å². The van der Waals surface area contributed by atoms with E-state index >= 15 is 0 Å². The molecule has 1 saturated heterocycles. The lowest BCUT2D eigenvalue weighted by molar-refractivity contribution is -0.140. The number of ether oxygens (including phenoxy) is 1. The van der Waals surface area contributed by atoms with Crippen LogP contribution in [0.3, 0.4) is 0 Å². The van der Waals surface area contributed by atoms with Crippen LogP contribution in [0.2, 0.25) is 5.02 Å². The molecule has 2 aromatic rings. The third-order valence-electron chi connectivity index (χ3n) is 4.65. The second-order valence-electron chi connectivity index (χ2n) is 6.51. The number of rotatable bonds is 6. The molecule has 6 nitrogen and oxygen atoms in total. The second-order valence-corrected chi connectivity index (χ2v) is 8.89. The number of sulfonamides is 1. The molecule has 1 aliphatic heterocycles. The minimum Gasteiger partial charge on any atom is -0.481 e. The lowest BCUT2D eigenvalue weighted by Gasteiger charge is -2.35. The van der Waals surface area contributed by atoms with Crippen LogP contribution in [-0.2, 0) is 14.8 Å². The summed E-state index contributed by atoms with van der Waals surface area (Å²) in [6.45, 7) is 3.07. The van der Waals surface area contributed by atoms with Crippen molar-refractivity contribution >= 4 is 27.5 Å². The van der Waals surface area contributed by atoms with E-state index in [-0.39, 0.29) is 23.9 Å². The Labute approximate surface area is 170 Å². The minimum absolute atomic E-state index is 0.140. The van der Waals surface area contributed by atoms with E-state index in [0.29, 0.717) is 30.3 Å². The highest BCUT2D eigenvalue weighted by Gasteiger charge is 2.32. The van der Waals surface area contributed by atoms with Crippen molar-refractivity contribution < 1.29 is 17.9 Å². The molecule has 0 aromatic heterocycles. The van der Waals surface area contributed by atoms with Crippen LogP contribution in [0.5, 0.6) is 5.75 Å². The van der Waals surface area contributed by atoms with Crippen molar-refractivity contribution in [1.82, 2.24) is 9.21 Å². The minimum atomic E-state index is -3.54. The summed E-state index contributed by atoms with van der Waals surface area (Å²) in [5, 5.41) is 0.541. The number of carbonyl (C=O) groups is 1. The van der Waals surface area contributed by atoms with Gasteiger partial charge in [-0.05, 0) is 36.8 Å². The predicted molar refractivity (Wildman–Crippen MR) is 108 cm³/mol. The summed E-state index contributed by atoms with van der Waals surface area (Å²) >= 11 is 5.97. The Morgan fingerprint density at radius 2 is 1.75 bits per heavy atom. The van der Waals surface area contributed by atoms with Crippen LogP contribution in [-0.4, -0.2) is 55.8 Å². The molecular formula is C20H23ClN2O4S. The first kappa shape index (κ1) is 20.6. The molecule has 1 unspecified atom stereocenters. The van der Waals surface area contributed by atoms with Gasteiger partial charge in [-0.1, -0.05) is 42.8 Å². The predicted octanol–water partition coefficient (Wildman–Crippen LogP) is 3.03. The fraction of sp³-hybridized carbons (Fsp3) is 0.350. The van der Waals surface area contributed by atoms with E-state index in [0.717, 1.165) is 0 Å². The Bertz CT molecular complexity index is 913. The topological polar surface area (TPSA) is 66.9 Å². The Kier molecular flexibility index (Phi) is 6.59. The molecule has 3 rings (SSSR count). The smallest absolute Gasteiger partial charge is 0.263 e. The molecule has 2 aromatic carbocycles. The van der Waals surface area contributed by atoms with Gasteiger partial charge in [-0.3, -0.25) is 4.79 Å². The molecule has 0 radical (unpaired) electrons. The van der Waals surface area contributed by atoms with Crippen molar-refractivity contribution in [2.75, 3.05) is 26.2 Å². The van der Waals surface area contributed by atoms with Gasteiger partial charge in [0.2, 0.25) is 10.0 Å². The Hall–Kier alpha value is -2.09. The SMILES string of the molecule is CCC(Oc1cccc(Cl)c1)C(=O)N1CCN(S(=O)(=O)c2ccccc2)CC1. The zero-order chi connectivity index (χ0) is 20.1. The number of halogens is 1. The van der Waals surface area contributed by atoms with Gasteiger partial charge in [0.25, 0.3) is 5.91 Å². The van der Waals surface area contributed by atoms with Crippen LogP contribution in [0.1, 0.15) is 13.3 Å². The van der Waals surface area contributed by atoms with Gasteiger partial charge in [0.1, 0.15) is 5.75 Å². The maximum atomic E-state index is 12.8. The molecule has 0 aliphatic carbocycles. The largest absolute Gasteiger partial charge is 0.481 e. The summed E-state index contributed by atoms with van der Waals surface area (Å²) in [5.74, 6) is 0.400. The molecule has 0 N–H and O–H groups in total. The molecule has 1 amide bonds. The third-order valence-corrected chi connectivity index (χ3v) is 6.80. The van der Waals surface area contributed by atoms with Gasteiger partial charge >= 0.3 is 0 Å². The molecule has 1 atom stereocenters. The highest BCUT2D eigenvalue weighted by Crippen LogP contribution is 2.21. The summed E-state index contributed by atoms with van der Waals surface area (Å²) in [6, 6.07) is 15.3. The van der Waals surface area contributed by atoms with E-state index in [9.17, 15) is 13.2 Å². The summed E-state index contributed by atoms with van der Waals surface area (Å²) in [5.41, 5.74) is 0. The summed E-state index contributed by atoms with van der Waals surface area (Å²) < 4.78 is 32.7. The lowest BCUT2D eigenvalue weighted by Crippen LogP contribution is -2.53. The van der Waals surface area contributed by atoms with E-state index in [1.165, 1.54) is 4.31 Å². The summed E-state index contributed by atoms with van der Waals surface area (Å²) in [7, 11) is -3.54. The molecule has 8 heteroatoms. The fourth-order valence-electron chi connectivity index (χ4n) is 3.11. The molecule has 0 bridgehead atoms. The first-order chi connectivity index (χ1) is 13.4. The molecule has 0 spiro atoms. The van der Waals surface area contributed by atoms with Crippen LogP contribution in [0.15, 0.2) is 59.5 Å². The monoisotopic (exact) mass is 422 g/mol. The molecule has 0 saturated carbocycles. The van der Waals surface area contributed by atoms with Gasteiger partial charge in [0, 0.05) is 31.2 Å². The zero-order valence-corrected chi connectivity index (χ0v) is 17.2. The van der Waals surface area contributed by atoms with Crippen molar-refractivity contribution in [3.8, 4) is 5.75 Å². The molecule has 1 fully saturated rings. The average Bonchev–Trinajstić information content (AvgIpc) is 2.72. The normalized spacial score (nSPS) is 16.6. The lowest BCUT2D eigenvalue weighted by atomic mass is 10.2. The standard InChI is InChI=1S/C20H23ClN2O4S/c1-2-19(27-17-8-6-7-16(21)15-17)20(24)22-11-13-23(14-12-22)28(25,26)18-9-4-3-5-10-18/h3-10,15,19H,2,11-14H2,1H3. The van der Waals surface area contributed by atoms with E-state index in [1.807, 2.05) is 6.92 Å². The van der Waals surface area contributed by atoms with E-state index in [2.05, 4.69) is 0 Å². The fourth-order valence-corrected chi connectivity index (χ4v) is 4.73. The van der Waals surface area contributed by atoms with E-state index in [4.69, 9.17) is 16.3 Å². The zero-order valence-electron chi connectivity index (χ0n) is 15.6. The van der Waals surface area contributed by atoms with Crippen molar-refractivity contribution in [3.05, 3.63) is 59.6 Å². The average molecular weight is 423 g/mol. The number of piperazine rings is 1. The quantitative estimate of drug-likeness (QED) is 0.717. The van der Waals surface area contributed by atoms with E-state index < -0.39 is 16.1 Å². The van der Waals surface area contributed by atoms with Gasteiger partial charge in [-0.15, -0.1) is 0 Å². The molecule has 1 aliphatic rings.